The lowest BCUT2D eigenvalue weighted by molar-refractivity contribution is -0.158. The molecule has 12 heteroatoms. The van der Waals surface area contributed by atoms with Crippen molar-refractivity contribution in [3.8, 4) is 0 Å². The van der Waals surface area contributed by atoms with Gasteiger partial charge in [-0.2, -0.15) is 0 Å². The second kappa shape index (κ2) is 15.6. The molecule has 0 saturated carbocycles. The zero-order valence-electron chi connectivity index (χ0n) is 27.6. The van der Waals surface area contributed by atoms with E-state index in [9.17, 15) is 28.8 Å². The number of nitrogens with one attached hydrogen (secondary N) is 4. The number of likely N-dealkylation sites (N-methyl/N-ethyl adjacent to an activating group) is 1. The van der Waals surface area contributed by atoms with E-state index in [2.05, 4.69) is 21.3 Å². The lowest BCUT2D eigenvalue weighted by Gasteiger charge is -2.30. The molecule has 1 unspecified atom stereocenters. The molecule has 0 radical (unpaired) electrons. The first-order valence-corrected chi connectivity index (χ1v) is 15.4. The number of hydrogen-bond donors (Lipinski definition) is 4. The molecule has 12 nitrogen and oxygen atoms in total. The summed E-state index contributed by atoms with van der Waals surface area (Å²) >= 11 is 0. The van der Waals surface area contributed by atoms with Gasteiger partial charge in [-0.3, -0.25) is 39.0 Å². The SMILES string of the molecule is CNC(=O)[C@H](Cc1ccccc1)NC(=O)[C@H](CC(C)C)NC(CCN1C(=O)c2ccc(NC(C)=O)cc2C1=O)C(=O)OC(C)(C)C. The first kappa shape index (κ1) is 35.9. The van der Waals surface area contributed by atoms with Crippen LogP contribution in [-0.2, 0) is 30.3 Å². The topological polar surface area (TPSA) is 163 Å². The van der Waals surface area contributed by atoms with E-state index in [1.165, 1.54) is 26.1 Å². The number of rotatable bonds is 14. The van der Waals surface area contributed by atoms with Crippen LogP contribution in [0.4, 0.5) is 5.69 Å². The van der Waals surface area contributed by atoms with Gasteiger partial charge in [0.2, 0.25) is 17.7 Å². The smallest absolute Gasteiger partial charge is 0.323 e. The average molecular weight is 636 g/mol. The van der Waals surface area contributed by atoms with Gasteiger partial charge < -0.3 is 20.7 Å². The van der Waals surface area contributed by atoms with Crippen LogP contribution in [0.2, 0.25) is 0 Å². The normalized spacial score (nSPS) is 14.7. The Hall–Kier alpha value is -4.58. The Morgan fingerprint density at radius 3 is 2.11 bits per heavy atom. The zero-order valence-corrected chi connectivity index (χ0v) is 27.6. The highest BCUT2D eigenvalue weighted by Crippen LogP contribution is 2.26. The van der Waals surface area contributed by atoms with Gasteiger partial charge in [0.15, 0.2) is 0 Å². The summed E-state index contributed by atoms with van der Waals surface area (Å²) in [5.74, 6) is -2.85. The average Bonchev–Trinajstić information content (AvgIpc) is 3.20. The second-order valence-corrected chi connectivity index (χ2v) is 12.8. The van der Waals surface area contributed by atoms with E-state index in [0.717, 1.165) is 10.5 Å². The summed E-state index contributed by atoms with van der Waals surface area (Å²) in [5.41, 5.74) is 0.738. The Kier molecular flexibility index (Phi) is 12.2. The molecule has 2 aromatic carbocycles. The monoisotopic (exact) mass is 635 g/mol. The molecule has 46 heavy (non-hydrogen) atoms. The van der Waals surface area contributed by atoms with Gasteiger partial charge in [0.1, 0.15) is 17.7 Å². The van der Waals surface area contributed by atoms with Gasteiger partial charge in [0.05, 0.1) is 17.2 Å². The van der Waals surface area contributed by atoms with Gasteiger partial charge >= 0.3 is 5.97 Å². The minimum atomic E-state index is -1.07. The van der Waals surface area contributed by atoms with Crippen LogP contribution >= 0.6 is 0 Å². The van der Waals surface area contributed by atoms with Crippen LogP contribution in [0.3, 0.4) is 0 Å². The number of imide groups is 1. The van der Waals surface area contributed by atoms with E-state index < -0.39 is 47.4 Å². The Morgan fingerprint density at radius 2 is 1.52 bits per heavy atom. The Labute approximate surface area is 270 Å². The fourth-order valence-electron chi connectivity index (χ4n) is 5.15. The van der Waals surface area contributed by atoms with Gasteiger partial charge in [0, 0.05) is 32.6 Å². The van der Waals surface area contributed by atoms with Crippen molar-refractivity contribution in [2.75, 3.05) is 18.9 Å². The third-order valence-electron chi connectivity index (χ3n) is 7.21. The largest absolute Gasteiger partial charge is 0.459 e. The predicted molar refractivity (Wildman–Crippen MR) is 173 cm³/mol. The number of carbonyl (C=O) groups excluding carboxylic acids is 6. The molecule has 3 rings (SSSR count). The Bertz CT molecular complexity index is 1450. The number of nitrogens with zero attached hydrogens (tertiary/aromatic N) is 1. The summed E-state index contributed by atoms with van der Waals surface area (Å²) in [6.45, 7) is 10.2. The molecule has 0 fully saturated rings. The first-order valence-electron chi connectivity index (χ1n) is 15.4. The number of anilines is 1. The van der Waals surface area contributed by atoms with Crippen LogP contribution in [0.1, 0.15) is 80.7 Å². The van der Waals surface area contributed by atoms with E-state index >= 15 is 0 Å². The Balaban J connectivity index is 1.83. The van der Waals surface area contributed by atoms with Gasteiger partial charge in [-0.1, -0.05) is 44.2 Å². The lowest BCUT2D eigenvalue weighted by atomic mass is 9.99. The van der Waals surface area contributed by atoms with Crippen molar-refractivity contribution >= 4 is 41.2 Å². The molecule has 4 N–H and O–H groups in total. The maximum absolute atomic E-state index is 13.7. The number of amides is 5. The molecular weight excluding hydrogens is 590 g/mol. The van der Waals surface area contributed by atoms with Gasteiger partial charge in [-0.15, -0.1) is 0 Å². The number of ether oxygens (including phenoxy) is 1. The number of hydrogen-bond acceptors (Lipinski definition) is 8. The van der Waals surface area contributed by atoms with Crippen LogP contribution in [0.25, 0.3) is 0 Å². The molecular formula is C34H45N5O7. The molecule has 1 aliphatic heterocycles. The molecule has 248 valence electrons. The number of fused-ring (bicyclic) bond motifs is 1. The fraction of sp³-hybridized carbons (Fsp3) is 0.471. The van der Waals surface area contributed by atoms with Crippen LogP contribution in [0, 0.1) is 5.92 Å². The lowest BCUT2D eigenvalue weighted by Crippen LogP contribution is -2.57. The van der Waals surface area contributed by atoms with Crippen LogP contribution in [0.15, 0.2) is 48.5 Å². The van der Waals surface area contributed by atoms with E-state index in [0.29, 0.717) is 12.1 Å². The highest BCUT2D eigenvalue weighted by molar-refractivity contribution is 6.21. The van der Waals surface area contributed by atoms with E-state index in [1.807, 2.05) is 44.2 Å². The highest BCUT2D eigenvalue weighted by Gasteiger charge is 2.38. The molecule has 1 aliphatic rings. The molecule has 0 saturated heterocycles. The van der Waals surface area contributed by atoms with E-state index in [1.54, 1.807) is 26.8 Å². The first-order chi connectivity index (χ1) is 21.6. The van der Waals surface area contributed by atoms with E-state index in [-0.39, 0.29) is 48.2 Å². The van der Waals surface area contributed by atoms with Crippen LogP contribution in [0.5, 0.6) is 0 Å². The van der Waals surface area contributed by atoms with E-state index in [4.69, 9.17) is 4.74 Å². The maximum Gasteiger partial charge on any atom is 0.323 e. The maximum atomic E-state index is 13.7. The minimum Gasteiger partial charge on any atom is -0.459 e. The van der Waals surface area contributed by atoms with Crippen molar-refractivity contribution in [2.45, 2.75) is 84.5 Å². The van der Waals surface area contributed by atoms with Crippen molar-refractivity contribution < 1.29 is 33.5 Å². The molecule has 2 aromatic rings. The summed E-state index contributed by atoms with van der Waals surface area (Å²) < 4.78 is 5.66. The third kappa shape index (κ3) is 9.96. The van der Waals surface area contributed by atoms with Crippen molar-refractivity contribution in [1.82, 2.24) is 20.9 Å². The molecule has 5 amide bonds. The van der Waals surface area contributed by atoms with Crippen molar-refractivity contribution in [1.29, 1.82) is 0 Å². The van der Waals surface area contributed by atoms with Crippen LogP contribution in [-0.4, -0.2) is 77.7 Å². The third-order valence-corrected chi connectivity index (χ3v) is 7.21. The van der Waals surface area contributed by atoms with Crippen molar-refractivity contribution in [3.63, 3.8) is 0 Å². The summed E-state index contributed by atoms with van der Waals surface area (Å²) in [7, 11) is 1.49. The van der Waals surface area contributed by atoms with Crippen molar-refractivity contribution in [2.24, 2.45) is 5.92 Å². The number of benzene rings is 2. The zero-order chi connectivity index (χ0) is 34.2. The summed E-state index contributed by atoms with van der Waals surface area (Å²) in [6, 6.07) is 10.9. The summed E-state index contributed by atoms with van der Waals surface area (Å²) in [6.07, 6.45) is 0.555. The summed E-state index contributed by atoms with van der Waals surface area (Å²) in [5, 5.41) is 11.2. The quantitative estimate of drug-likeness (QED) is 0.182. The van der Waals surface area contributed by atoms with Crippen molar-refractivity contribution in [3.05, 3.63) is 65.2 Å². The van der Waals surface area contributed by atoms with Gasteiger partial charge in [-0.05, 0) is 63.3 Å². The highest BCUT2D eigenvalue weighted by atomic mass is 16.6. The predicted octanol–water partition coefficient (Wildman–Crippen LogP) is 2.82. The minimum absolute atomic E-state index is 0.0316. The second-order valence-electron chi connectivity index (χ2n) is 12.8. The van der Waals surface area contributed by atoms with Crippen LogP contribution < -0.4 is 21.3 Å². The molecule has 0 bridgehead atoms. The molecule has 0 aliphatic carbocycles. The van der Waals surface area contributed by atoms with Gasteiger partial charge in [-0.25, -0.2) is 0 Å². The molecule has 1 heterocycles. The number of esters is 1. The molecule has 0 spiro atoms. The Morgan fingerprint density at radius 1 is 0.870 bits per heavy atom. The molecule has 3 atom stereocenters. The fourth-order valence-corrected chi connectivity index (χ4v) is 5.15. The summed E-state index contributed by atoms with van der Waals surface area (Å²) in [4.78, 5) is 78.9. The molecule has 0 aromatic heterocycles. The van der Waals surface area contributed by atoms with Gasteiger partial charge in [0.25, 0.3) is 11.8 Å². The standard InChI is InChI=1S/C34H45N5O7/c1-20(2)17-27(30(42)38-28(29(41)35-7)18-22-11-9-8-10-12-22)37-26(33(45)46-34(4,5)6)15-16-39-31(43)24-14-13-23(36-21(3)40)19-25(24)32(39)44/h8-14,19-20,26-28,37H,15-18H2,1-7H3,(H,35,41)(H,36,40)(H,38,42)/t26?,27-,28-/m0/s1. The number of carbonyl (C=O) groups is 6.